The van der Waals surface area contributed by atoms with Crippen molar-refractivity contribution in [1.82, 2.24) is 10.6 Å². The number of aliphatic imine (C=N–C) groups is 1. The average Bonchev–Trinajstić information content (AvgIpc) is 2.88. The maximum absolute atomic E-state index is 12.8. The molecule has 3 unspecified atom stereocenters. The highest BCUT2D eigenvalue weighted by Gasteiger charge is 2.42. The molecule has 10 nitrogen and oxygen atoms in total. The lowest BCUT2D eigenvalue weighted by atomic mass is 9.63. The van der Waals surface area contributed by atoms with E-state index in [1.54, 1.807) is 27.4 Å². The number of isocyanates is 1. The van der Waals surface area contributed by atoms with Crippen LogP contribution in [0.15, 0.2) is 4.99 Å². The number of nitrogens with zero attached hydrogens (tertiary/aromatic N) is 1. The number of rotatable bonds is 18. The maximum atomic E-state index is 12.8. The normalized spacial score (nSPS) is 21.7. The highest BCUT2D eigenvalue weighted by molar-refractivity contribution is 6.60. The molecule has 232 valence electrons. The van der Waals surface area contributed by atoms with E-state index >= 15 is 0 Å². The van der Waals surface area contributed by atoms with Gasteiger partial charge in [-0.25, -0.2) is 14.6 Å². The van der Waals surface area contributed by atoms with E-state index in [0.29, 0.717) is 38.4 Å². The average molecular weight is 586 g/mol. The van der Waals surface area contributed by atoms with Gasteiger partial charge in [0.05, 0.1) is 6.04 Å². The number of alkyl carbamates (subject to hydrolysis) is 1. The number of carbonyl (C=O) groups excluding carboxylic acids is 3. The zero-order chi connectivity index (χ0) is 30.5. The molecule has 0 aliphatic heterocycles. The number of nitrogens with one attached hydrogen (secondary N) is 2. The Morgan fingerprint density at radius 2 is 1.73 bits per heavy atom. The van der Waals surface area contributed by atoms with Crippen LogP contribution in [0.3, 0.4) is 0 Å². The zero-order valence-corrected chi connectivity index (χ0v) is 27.4. The van der Waals surface area contributed by atoms with Crippen LogP contribution in [-0.4, -0.2) is 73.4 Å². The quantitative estimate of drug-likeness (QED) is 0.126. The third kappa shape index (κ3) is 13.3. The molecule has 0 aromatic rings. The van der Waals surface area contributed by atoms with E-state index < -0.39 is 14.9 Å². The summed E-state index contributed by atoms with van der Waals surface area (Å²) in [6, 6.07) is 0.567. The molecular formula is C29H55N3O7Si. The summed E-state index contributed by atoms with van der Waals surface area (Å²) in [5.74, 6) is -0.0639. The zero-order valence-electron chi connectivity index (χ0n) is 26.4. The van der Waals surface area contributed by atoms with E-state index in [-0.39, 0.29) is 40.7 Å². The van der Waals surface area contributed by atoms with Gasteiger partial charge in [0.1, 0.15) is 6.10 Å². The molecule has 11 heteroatoms. The van der Waals surface area contributed by atoms with Crippen LogP contribution < -0.4 is 10.6 Å². The van der Waals surface area contributed by atoms with E-state index in [1.807, 2.05) is 0 Å². The molecule has 0 heterocycles. The van der Waals surface area contributed by atoms with Gasteiger partial charge in [-0.3, -0.25) is 4.79 Å². The Labute approximate surface area is 243 Å². The third-order valence-electron chi connectivity index (χ3n) is 7.97. The lowest BCUT2D eigenvalue weighted by molar-refractivity contribution is -0.122. The van der Waals surface area contributed by atoms with E-state index in [0.717, 1.165) is 32.1 Å². The van der Waals surface area contributed by atoms with E-state index in [9.17, 15) is 14.4 Å². The van der Waals surface area contributed by atoms with Crippen LogP contribution in [0.2, 0.25) is 6.04 Å². The first-order valence-electron chi connectivity index (χ1n) is 14.6. The first-order valence-corrected chi connectivity index (χ1v) is 16.5. The molecule has 1 aliphatic rings. The van der Waals surface area contributed by atoms with E-state index in [4.69, 9.17) is 18.0 Å². The Bertz CT molecular complexity index is 835. The van der Waals surface area contributed by atoms with Crippen molar-refractivity contribution in [2.75, 3.05) is 34.4 Å². The molecule has 1 rings (SSSR count). The minimum absolute atomic E-state index is 0.0115. The topological polar surface area (TPSA) is 125 Å². The van der Waals surface area contributed by atoms with Gasteiger partial charge >= 0.3 is 14.9 Å². The van der Waals surface area contributed by atoms with Gasteiger partial charge in [0, 0.05) is 46.9 Å². The van der Waals surface area contributed by atoms with Gasteiger partial charge in [0.25, 0.3) is 0 Å². The predicted octanol–water partition coefficient (Wildman–Crippen LogP) is 5.38. The van der Waals surface area contributed by atoms with Crippen molar-refractivity contribution in [2.45, 2.75) is 118 Å². The summed E-state index contributed by atoms with van der Waals surface area (Å²) in [6.45, 7) is 13.7. The lowest BCUT2D eigenvalue weighted by Gasteiger charge is -2.45. The molecule has 1 saturated carbocycles. The first-order chi connectivity index (χ1) is 18.7. The Morgan fingerprint density at radius 3 is 2.30 bits per heavy atom. The summed E-state index contributed by atoms with van der Waals surface area (Å²) in [4.78, 5) is 40.3. The SMILES string of the molecule is CCCCC(CCC(=O)NCC(C)(C)CC[Si](OC)(OC)OC)OC(=O)NCC1(C)CC(N=C=O)CC(C)(C)C1. The predicted molar refractivity (Wildman–Crippen MR) is 158 cm³/mol. The fraction of sp³-hybridized carbons (Fsp3) is 0.897. The van der Waals surface area contributed by atoms with Crippen LogP contribution in [0.1, 0.15) is 99.3 Å². The van der Waals surface area contributed by atoms with Crippen LogP contribution >= 0.6 is 0 Å². The van der Waals surface area contributed by atoms with Crippen molar-refractivity contribution in [3.63, 3.8) is 0 Å². The van der Waals surface area contributed by atoms with Gasteiger partial charge in [-0.05, 0) is 54.8 Å². The second-order valence-corrected chi connectivity index (χ2v) is 16.3. The molecule has 0 saturated heterocycles. The Hall–Kier alpha value is -1.78. The van der Waals surface area contributed by atoms with Gasteiger partial charge in [-0.15, -0.1) is 0 Å². The van der Waals surface area contributed by atoms with Gasteiger partial charge in [-0.1, -0.05) is 54.4 Å². The number of amides is 2. The largest absolute Gasteiger partial charge is 0.500 e. The minimum Gasteiger partial charge on any atom is -0.446 e. The van der Waals surface area contributed by atoms with Crippen molar-refractivity contribution in [1.29, 1.82) is 0 Å². The smallest absolute Gasteiger partial charge is 0.446 e. The van der Waals surface area contributed by atoms with Gasteiger partial charge < -0.3 is 28.6 Å². The minimum atomic E-state index is -2.67. The molecule has 0 aromatic carbocycles. The van der Waals surface area contributed by atoms with Crippen LogP contribution in [0.4, 0.5) is 4.79 Å². The molecule has 0 radical (unpaired) electrons. The molecule has 2 amide bonds. The summed E-state index contributed by atoms with van der Waals surface area (Å²) in [6.07, 6.45) is 7.47. The number of ether oxygens (including phenoxy) is 1. The molecular weight excluding hydrogens is 530 g/mol. The fourth-order valence-corrected chi connectivity index (χ4v) is 8.00. The van der Waals surface area contributed by atoms with E-state index in [2.05, 4.69) is 57.2 Å². The monoisotopic (exact) mass is 585 g/mol. The molecule has 0 bridgehead atoms. The Kier molecular flexibility index (Phi) is 15.0. The summed E-state index contributed by atoms with van der Waals surface area (Å²) < 4.78 is 22.3. The van der Waals surface area contributed by atoms with Gasteiger partial charge in [-0.2, -0.15) is 0 Å². The summed E-state index contributed by atoms with van der Waals surface area (Å²) in [7, 11) is 2.13. The van der Waals surface area contributed by atoms with Crippen molar-refractivity contribution in [2.24, 2.45) is 21.2 Å². The summed E-state index contributed by atoms with van der Waals surface area (Å²) in [5.41, 5.74) is -0.353. The third-order valence-corrected chi connectivity index (χ3v) is 10.7. The first kappa shape index (κ1) is 36.2. The van der Waals surface area contributed by atoms with Crippen molar-refractivity contribution in [3.05, 3.63) is 0 Å². The van der Waals surface area contributed by atoms with Crippen LogP contribution in [-0.2, 0) is 27.6 Å². The highest BCUT2D eigenvalue weighted by atomic mass is 28.4. The van der Waals surface area contributed by atoms with Crippen LogP contribution in [0.5, 0.6) is 0 Å². The van der Waals surface area contributed by atoms with Crippen LogP contribution in [0, 0.1) is 16.2 Å². The number of carbonyl (C=O) groups is 2. The molecule has 0 aromatic heterocycles. The molecule has 3 atom stereocenters. The number of unbranched alkanes of at least 4 members (excludes halogenated alkanes) is 1. The molecule has 1 fully saturated rings. The molecule has 2 N–H and O–H groups in total. The summed E-state index contributed by atoms with van der Waals surface area (Å²) in [5, 5.41) is 5.98. The van der Waals surface area contributed by atoms with Gasteiger partial charge in [0.2, 0.25) is 12.0 Å². The lowest BCUT2D eigenvalue weighted by Crippen LogP contribution is -2.45. The van der Waals surface area contributed by atoms with Gasteiger partial charge in [0.15, 0.2) is 0 Å². The Balaban J connectivity index is 2.59. The van der Waals surface area contributed by atoms with Crippen molar-refractivity contribution >= 4 is 26.9 Å². The summed E-state index contributed by atoms with van der Waals surface area (Å²) >= 11 is 0. The van der Waals surface area contributed by atoms with Crippen molar-refractivity contribution < 1.29 is 32.4 Å². The molecule has 1 aliphatic carbocycles. The second kappa shape index (κ2) is 16.6. The maximum Gasteiger partial charge on any atom is 0.500 e. The standard InChI is InChI=1S/C29H55N3O7Si/c1-10-11-12-24(13-14-25(34)30-20-27(2,3)15-16-40(36-7,37-8)38-9)39-26(35)31-21-29(6)18-23(32-22-33)17-28(4,5)19-29/h23-24H,10-21H2,1-9H3,(H,30,34)(H,31,35). The van der Waals surface area contributed by atoms with Crippen LogP contribution in [0.25, 0.3) is 0 Å². The highest BCUT2D eigenvalue weighted by Crippen LogP contribution is 2.46. The number of hydrogen-bond donors (Lipinski definition) is 2. The van der Waals surface area contributed by atoms with Crippen molar-refractivity contribution in [3.8, 4) is 0 Å². The molecule has 0 spiro atoms. The second-order valence-electron chi connectivity index (χ2n) is 13.2. The molecule has 40 heavy (non-hydrogen) atoms. The number of hydrogen-bond acceptors (Lipinski definition) is 8. The van der Waals surface area contributed by atoms with E-state index in [1.165, 1.54) is 0 Å². The fourth-order valence-electron chi connectivity index (χ4n) is 5.91. The Morgan fingerprint density at radius 1 is 1.07 bits per heavy atom.